The molecule has 0 bridgehead atoms. The van der Waals surface area contributed by atoms with Crippen molar-refractivity contribution < 1.29 is 32.2 Å². The molecule has 0 unspecified atom stereocenters. The van der Waals surface area contributed by atoms with Gasteiger partial charge in [0.15, 0.2) is 17.3 Å². The van der Waals surface area contributed by atoms with Crippen molar-refractivity contribution >= 4 is 33.1 Å². The molecule has 176 valence electrons. The summed E-state index contributed by atoms with van der Waals surface area (Å²) in [5.74, 6) is 0.0218. The van der Waals surface area contributed by atoms with E-state index < -0.39 is 15.9 Å². The lowest BCUT2D eigenvalue weighted by Crippen LogP contribution is -2.37. The first-order valence-electron chi connectivity index (χ1n) is 10.3. The Kier molecular flexibility index (Phi) is 6.28. The fourth-order valence-electron chi connectivity index (χ4n) is 3.67. The highest BCUT2D eigenvalue weighted by Crippen LogP contribution is 2.38. The van der Waals surface area contributed by atoms with Crippen molar-refractivity contribution in [2.75, 3.05) is 57.4 Å². The number of morpholine rings is 1. The fraction of sp³-hybridized carbons (Fsp3) is 0.364. The second kappa shape index (κ2) is 9.00. The summed E-state index contributed by atoms with van der Waals surface area (Å²) >= 11 is 0. The number of fused-ring (bicyclic) bond motifs is 1. The zero-order chi connectivity index (χ0) is 23.8. The lowest BCUT2D eigenvalue weighted by molar-refractivity contribution is 0.101. The van der Waals surface area contributed by atoms with Crippen LogP contribution in [-0.4, -0.2) is 71.6 Å². The van der Waals surface area contributed by atoms with Crippen molar-refractivity contribution in [1.82, 2.24) is 4.31 Å². The maximum Gasteiger partial charge on any atom is 0.257 e. The number of nitrogens with one attached hydrogen (secondary N) is 1. The molecule has 0 radical (unpaired) electrons. The molecule has 11 heteroatoms. The lowest BCUT2D eigenvalue weighted by Gasteiger charge is -2.30. The highest BCUT2D eigenvalue weighted by molar-refractivity contribution is 7.89. The van der Waals surface area contributed by atoms with Crippen LogP contribution in [0, 0.1) is 0 Å². The van der Waals surface area contributed by atoms with Gasteiger partial charge in [-0.1, -0.05) is 0 Å². The predicted octanol–water partition coefficient (Wildman–Crippen LogP) is 1.96. The smallest absolute Gasteiger partial charge is 0.257 e. The van der Waals surface area contributed by atoms with Gasteiger partial charge in [0.05, 0.1) is 29.4 Å². The summed E-state index contributed by atoms with van der Waals surface area (Å²) in [5, 5.41) is 2.76. The van der Waals surface area contributed by atoms with E-state index in [-0.39, 0.29) is 34.3 Å². The van der Waals surface area contributed by atoms with E-state index in [9.17, 15) is 18.0 Å². The first-order valence-corrected chi connectivity index (χ1v) is 11.8. The van der Waals surface area contributed by atoms with E-state index >= 15 is 0 Å². The number of nitrogens with zero attached hydrogens (tertiary/aromatic N) is 2. The number of hydrogen-bond acceptors (Lipinski definition) is 8. The van der Waals surface area contributed by atoms with Crippen LogP contribution in [0.1, 0.15) is 27.6 Å². The summed E-state index contributed by atoms with van der Waals surface area (Å²) in [4.78, 5) is 27.6. The van der Waals surface area contributed by atoms with E-state index in [2.05, 4.69) is 5.32 Å². The number of carbonyl (C=O) groups excluding carboxylic acids is 2. The topological polar surface area (TPSA) is 114 Å². The summed E-state index contributed by atoms with van der Waals surface area (Å²) in [5.41, 5.74) is 1.27. The van der Waals surface area contributed by atoms with E-state index in [0.29, 0.717) is 43.5 Å². The number of carbonyl (C=O) groups is 2. The zero-order valence-corrected chi connectivity index (χ0v) is 19.4. The number of rotatable bonds is 6. The van der Waals surface area contributed by atoms with Crippen molar-refractivity contribution in [3.05, 3.63) is 41.5 Å². The average molecular weight is 476 g/mol. The quantitative estimate of drug-likeness (QED) is 0.631. The van der Waals surface area contributed by atoms with Gasteiger partial charge in [0.2, 0.25) is 16.8 Å². The third-order valence-corrected chi connectivity index (χ3v) is 7.29. The molecular weight excluding hydrogens is 450 g/mol. The Labute approximate surface area is 192 Å². The van der Waals surface area contributed by atoms with Crippen LogP contribution in [0.25, 0.3) is 0 Å². The Morgan fingerprint density at radius 3 is 2.30 bits per heavy atom. The molecule has 33 heavy (non-hydrogen) atoms. The van der Waals surface area contributed by atoms with Gasteiger partial charge in [0.25, 0.3) is 5.91 Å². The van der Waals surface area contributed by atoms with Gasteiger partial charge in [-0.15, -0.1) is 0 Å². The van der Waals surface area contributed by atoms with Gasteiger partial charge in [-0.3, -0.25) is 9.59 Å². The molecule has 1 saturated heterocycles. The fourth-order valence-corrected chi connectivity index (χ4v) is 4.60. The SMILES string of the molecule is CC(=O)c1cc2c(cc1NC(=O)c1cc(S(=O)(=O)N(C)C)ccc1N1CCOCC1)OCO2. The van der Waals surface area contributed by atoms with Crippen LogP contribution >= 0.6 is 0 Å². The molecule has 2 aromatic rings. The number of Topliss-reactive ketones (excluding diaryl/α,β-unsaturated/α-hetero) is 1. The minimum absolute atomic E-state index is 0.00728. The molecule has 0 atom stereocenters. The molecule has 1 N–H and O–H groups in total. The number of benzene rings is 2. The summed E-state index contributed by atoms with van der Waals surface area (Å²) in [6, 6.07) is 7.53. The van der Waals surface area contributed by atoms with Crippen LogP contribution in [0.15, 0.2) is 35.2 Å². The second-order valence-electron chi connectivity index (χ2n) is 7.83. The number of ether oxygens (including phenoxy) is 3. The maximum absolute atomic E-state index is 13.4. The number of amides is 1. The van der Waals surface area contributed by atoms with E-state index in [1.54, 1.807) is 6.07 Å². The highest BCUT2D eigenvalue weighted by atomic mass is 32.2. The van der Waals surface area contributed by atoms with Crippen molar-refractivity contribution in [1.29, 1.82) is 0 Å². The Balaban J connectivity index is 1.76. The molecule has 2 aromatic carbocycles. The summed E-state index contributed by atoms with van der Waals surface area (Å²) < 4.78 is 42.6. The number of ketones is 1. The average Bonchev–Trinajstić information content (AvgIpc) is 3.26. The first kappa shape index (κ1) is 23.0. The number of hydrogen-bond donors (Lipinski definition) is 1. The lowest BCUT2D eigenvalue weighted by atomic mass is 10.1. The summed E-state index contributed by atoms with van der Waals surface area (Å²) in [6.07, 6.45) is 0. The Morgan fingerprint density at radius 1 is 1.00 bits per heavy atom. The Hall–Kier alpha value is -3.15. The van der Waals surface area contributed by atoms with Crippen molar-refractivity contribution in [3.63, 3.8) is 0 Å². The summed E-state index contributed by atoms with van der Waals surface area (Å²) in [7, 11) is -0.909. The molecule has 1 fully saturated rings. The van der Waals surface area contributed by atoms with Crippen LogP contribution in [0.5, 0.6) is 11.5 Å². The third kappa shape index (κ3) is 4.52. The van der Waals surface area contributed by atoms with Gasteiger partial charge in [0, 0.05) is 44.5 Å². The van der Waals surface area contributed by atoms with Gasteiger partial charge in [-0.25, -0.2) is 12.7 Å². The molecule has 10 nitrogen and oxygen atoms in total. The molecule has 2 aliphatic heterocycles. The molecule has 0 aromatic heterocycles. The minimum atomic E-state index is -3.76. The molecule has 0 saturated carbocycles. The molecule has 4 rings (SSSR count). The second-order valence-corrected chi connectivity index (χ2v) is 9.98. The van der Waals surface area contributed by atoms with E-state index in [4.69, 9.17) is 14.2 Å². The predicted molar refractivity (Wildman–Crippen MR) is 121 cm³/mol. The van der Waals surface area contributed by atoms with E-state index in [1.807, 2.05) is 4.90 Å². The van der Waals surface area contributed by atoms with Crippen LogP contribution < -0.4 is 19.7 Å². The summed E-state index contributed by atoms with van der Waals surface area (Å²) in [6.45, 7) is 3.52. The third-order valence-electron chi connectivity index (χ3n) is 5.48. The largest absolute Gasteiger partial charge is 0.454 e. The normalized spacial score (nSPS) is 15.6. The maximum atomic E-state index is 13.4. The van der Waals surface area contributed by atoms with E-state index in [0.717, 1.165) is 4.31 Å². The van der Waals surface area contributed by atoms with Crippen molar-refractivity contribution in [2.45, 2.75) is 11.8 Å². The molecule has 0 spiro atoms. The monoisotopic (exact) mass is 475 g/mol. The van der Waals surface area contributed by atoms with Gasteiger partial charge >= 0.3 is 0 Å². The van der Waals surface area contributed by atoms with Crippen LogP contribution in [-0.2, 0) is 14.8 Å². The zero-order valence-electron chi connectivity index (χ0n) is 18.6. The Morgan fingerprint density at radius 2 is 1.67 bits per heavy atom. The molecule has 1 amide bonds. The van der Waals surface area contributed by atoms with Crippen LogP contribution in [0.3, 0.4) is 0 Å². The molecular formula is C22H25N3O7S. The van der Waals surface area contributed by atoms with Crippen LogP contribution in [0.2, 0.25) is 0 Å². The van der Waals surface area contributed by atoms with Gasteiger partial charge in [-0.2, -0.15) is 0 Å². The standard InChI is InChI=1S/C22H25N3O7S/c1-14(26)16-11-20-21(32-13-31-20)12-18(16)23-22(27)17-10-15(33(28,29)24(2)3)4-5-19(17)25-6-8-30-9-7-25/h4-5,10-12H,6-9,13H2,1-3H3,(H,23,27). The molecule has 0 aliphatic carbocycles. The van der Waals surface area contributed by atoms with Crippen LogP contribution in [0.4, 0.5) is 11.4 Å². The molecule has 2 aliphatic rings. The molecule has 2 heterocycles. The van der Waals surface area contributed by atoms with Gasteiger partial charge in [0.1, 0.15) is 0 Å². The number of sulfonamides is 1. The highest BCUT2D eigenvalue weighted by Gasteiger charge is 2.26. The van der Waals surface area contributed by atoms with Gasteiger partial charge < -0.3 is 24.4 Å². The van der Waals surface area contributed by atoms with Crippen molar-refractivity contribution in [3.8, 4) is 11.5 Å². The van der Waals surface area contributed by atoms with E-state index in [1.165, 1.54) is 45.3 Å². The minimum Gasteiger partial charge on any atom is -0.454 e. The first-order chi connectivity index (χ1) is 15.7. The Bertz CT molecular complexity index is 1200. The van der Waals surface area contributed by atoms with Crippen molar-refractivity contribution in [2.24, 2.45) is 0 Å². The number of anilines is 2. The van der Waals surface area contributed by atoms with Gasteiger partial charge in [-0.05, 0) is 31.2 Å².